The molecule has 0 amide bonds. The Hall–Kier alpha value is -3.72. The molecule has 2 aromatic carbocycles. The van der Waals surface area contributed by atoms with E-state index in [1.165, 1.54) is 0 Å². The number of aromatic amines is 1. The molecule has 4 aromatic rings. The average Bonchev–Trinajstić information content (AvgIpc) is 3.35. The summed E-state index contributed by atoms with van der Waals surface area (Å²) in [5.41, 5.74) is 3.24. The van der Waals surface area contributed by atoms with Crippen LogP contribution < -0.4 is 15.2 Å². The second-order valence-electron chi connectivity index (χ2n) is 10.4. The van der Waals surface area contributed by atoms with E-state index in [2.05, 4.69) is 70.1 Å². The summed E-state index contributed by atoms with van der Waals surface area (Å²) in [6, 6.07) is 15.8. The Morgan fingerprint density at radius 3 is 2.50 bits per heavy atom. The van der Waals surface area contributed by atoms with Gasteiger partial charge in [-0.05, 0) is 73.8 Å². The molecule has 0 radical (unpaired) electrons. The Balaban J connectivity index is 1.56. The van der Waals surface area contributed by atoms with Gasteiger partial charge >= 0.3 is 0 Å². The van der Waals surface area contributed by atoms with Gasteiger partial charge in [-0.3, -0.25) is 9.69 Å². The number of H-pyrrole nitrogens is 1. The zero-order chi connectivity index (χ0) is 25.4. The molecule has 1 aliphatic rings. The highest BCUT2D eigenvalue weighted by Gasteiger charge is 2.35. The second-order valence-corrected chi connectivity index (χ2v) is 10.4. The van der Waals surface area contributed by atoms with Gasteiger partial charge in [-0.25, -0.2) is 4.68 Å². The number of aryl methyl sites for hydroxylation is 1. The standard InChI is InChI=1S/C27H33N7O2/c1-18-10-11-21-19(16-18)17-20(26(35)28-21)24(25-29-30-31-34(25)27(2,3)4)33-14-12-32(13-15-33)22-8-6-7-9-23(22)36-5/h6-11,16-17,24H,12-15H2,1-5H3,(H,28,35)/t24-/m1/s1. The minimum Gasteiger partial charge on any atom is -0.495 e. The highest BCUT2D eigenvalue weighted by molar-refractivity contribution is 5.79. The lowest BCUT2D eigenvalue weighted by Crippen LogP contribution is -2.49. The summed E-state index contributed by atoms with van der Waals surface area (Å²) in [5, 5.41) is 13.8. The molecule has 5 rings (SSSR count). The zero-order valence-electron chi connectivity index (χ0n) is 21.5. The molecular weight excluding hydrogens is 454 g/mol. The van der Waals surface area contributed by atoms with Crippen molar-refractivity contribution in [3.05, 3.63) is 75.8 Å². The van der Waals surface area contributed by atoms with Crippen LogP contribution in [-0.2, 0) is 5.54 Å². The van der Waals surface area contributed by atoms with Crippen LogP contribution in [0.5, 0.6) is 5.75 Å². The van der Waals surface area contributed by atoms with Crippen LogP contribution in [0.25, 0.3) is 10.9 Å². The molecule has 0 aliphatic carbocycles. The van der Waals surface area contributed by atoms with E-state index in [-0.39, 0.29) is 17.1 Å². The lowest BCUT2D eigenvalue weighted by molar-refractivity contribution is 0.190. The first-order chi connectivity index (χ1) is 17.3. The average molecular weight is 488 g/mol. The van der Waals surface area contributed by atoms with E-state index in [1.54, 1.807) is 7.11 Å². The summed E-state index contributed by atoms with van der Waals surface area (Å²) >= 11 is 0. The van der Waals surface area contributed by atoms with Gasteiger partial charge in [-0.1, -0.05) is 23.8 Å². The van der Waals surface area contributed by atoms with E-state index in [4.69, 9.17) is 4.74 Å². The molecule has 0 unspecified atom stereocenters. The fraction of sp³-hybridized carbons (Fsp3) is 0.407. The van der Waals surface area contributed by atoms with E-state index in [0.717, 1.165) is 54.1 Å². The molecule has 1 fully saturated rings. The number of tetrazole rings is 1. The molecule has 9 heteroatoms. The maximum absolute atomic E-state index is 13.4. The number of nitrogens with zero attached hydrogens (tertiary/aromatic N) is 6. The third-order valence-corrected chi connectivity index (χ3v) is 6.80. The Bertz CT molecular complexity index is 1430. The molecule has 3 heterocycles. The lowest BCUT2D eigenvalue weighted by atomic mass is 10.0. The summed E-state index contributed by atoms with van der Waals surface area (Å²) < 4.78 is 7.43. The quantitative estimate of drug-likeness (QED) is 0.461. The Morgan fingerprint density at radius 1 is 1.03 bits per heavy atom. The van der Waals surface area contributed by atoms with Crippen molar-refractivity contribution in [2.45, 2.75) is 39.3 Å². The number of hydrogen-bond donors (Lipinski definition) is 1. The molecule has 9 nitrogen and oxygen atoms in total. The second kappa shape index (κ2) is 9.39. The molecule has 2 aromatic heterocycles. The normalized spacial score (nSPS) is 15.9. The summed E-state index contributed by atoms with van der Waals surface area (Å²) in [4.78, 5) is 21.2. The van der Waals surface area contributed by atoms with Gasteiger partial charge in [-0.15, -0.1) is 5.10 Å². The minimum atomic E-state index is -0.382. The smallest absolute Gasteiger partial charge is 0.253 e. The first-order valence-corrected chi connectivity index (χ1v) is 12.3. The number of methoxy groups -OCH3 is 1. The third-order valence-electron chi connectivity index (χ3n) is 6.80. The van der Waals surface area contributed by atoms with Crippen LogP contribution in [0, 0.1) is 6.92 Å². The SMILES string of the molecule is COc1ccccc1N1CCN([C@H](c2cc3cc(C)ccc3[nH]c2=O)c2nnnn2C(C)(C)C)CC1. The number of nitrogens with one attached hydrogen (secondary N) is 1. The van der Waals surface area contributed by atoms with E-state index in [0.29, 0.717) is 11.4 Å². The summed E-state index contributed by atoms with van der Waals surface area (Å²) in [6.07, 6.45) is 0. The summed E-state index contributed by atoms with van der Waals surface area (Å²) in [7, 11) is 1.70. The van der Waals surface area contributed by atoms with Gasteiger partial charge in [0.2, 0.25) is 0 Å². The number of ether oxygens (including phenoxy) is 1. The molecule has 36 heavy (non-hydrogen) atoms. The van der Waals surface area contributed by atoms with Crippen LogP contribution in [0.2, 0.25) is 0 Å². The monoisotopic (exact) mass is 487 g/mol. The minimum absolute atomic E-state index is 0.119. The number of aromatic nitrogens is 5. The fourth-order valence-electron chi connectivity index (χ4n) is 5.00. The highest BCUT2D eigenvalue weighted by Crippen LogP contribution is 2.33. The first-order valence-electron chi connectivity index (χ1n) is 12.3. The van der Waals surface area contributed by atoms with Gasteiger partial charge in [0.05, 0.1) is 18.3 Å². The summed E-state index contributed by atoms with van der Waals surface area (Å²) in [5.74, 6) is 1.53. The van der Waals surface area contributed by atoms with Gasteiger partial charge < -0.3 is 14.6 Å². The molecule has 188 valence electrons. The lowest BCUT2D eigenvalue weighted by Gasteiger charge is -2.40. The van der Waals surface area contributed by atoms with Crippen molar-refractivity contribution in [2.75, 3.05) is 38.2 Å². The zero-order valence-corrected chi connectivity index (χ0v) is 21.5. The fourth-order valence-corrected chi connectivity index (χ4v) is 5.00. The number of para-hydroxylation sites is 2. The largest absolute Gasteiger partial charge is 0.495 e. The maximum atomic E-state index is 13.4. The number of anilines is 1. The van der Waals surface area contributed by atoms with E-state index in [9.17, 15) is 4.79 Å². The molecular formula is C27H33N7O2. The molecule has 1 aliphatic heterocycles. The van der Waals surface area contributed by atoms with E-state index in [1.807, 2.05) is 41.1 Å². The van der Waals surface area contributed by atoms with Gasteiger partial charge in [-0.2, -0.15) is 0 Å². The molecule has 0 saturated carbocycles. The van der Waals surface area contributed by atoms with Crippen molar-refractivity contribution < 1.29 is 4.74 Å². The predicted octanol–water partition coefficient (Wildman–Crippen LogP) is 3.50. The molecule has 0 spiro atoms. The number of hydrogen-bond acceptors (Lipinski definition) is 7. The van der Waals surface area contributed by atoms with Crippen molar-refractivity contribution in [1.82, 2.24) is 30.1 Å². The van der Waals surface area contributed by atoms with Crippen LogP contribution in [0.4, 0.5) is 5.69 Å². The van der Waals surface area contributed by atoms with Gasteiger partial charge in [0.1, 0.15) is 11.8 Å². The summed E-state index contributed by atoms with van der Waals surface area (Å²) in [6.45, 7) is 11.3. The van der Waals surface area contributed by atoms with Crippen molar-refractivity contribution in [3.8, 4) is 5.75 Å². The molecule has 1 saturated heterocycles. The predicted molar refractivity (Wildman–Crippen MR) is 141 cm³/mol. The van der Waals surface area contributed by atoms with Crippen molar-refractivity contribution >= 4 is 16.6 Å². The third kappa shape index (κ3) is 4.46. The van der Waals surface area contributed by atoms with Gasteiger partial charge in [0.15, 0.2) is 5.82 Å². The van der Waals surface area contributed by atoms with Crippen LogP contribution in [0.3, 0.4) is 0 Å². The van der Waals surface area contributed by atoms with E-state index < -0.39 is 0 Å². The maximum Gasteiger partial charge on any atom is 0.253 e. The number of rotatable bonds is 5. The molecule has 1 N–H and O–H groups in total. The van der Waals surface area contributed by atoms with Crippen LogP contribution >= 0.6 is 0 Å². The van der Waals surface area contributed by atoms with Crippen molar-refractivity contribution in [1.29, 1.82) is 0 Å². The first kappa shape index (κ1) is 24.0. The molecule has 1 atom stereocenters. The van der Waals surface area contributed by atoms with E-state index >= 15 is 0 Å². The Labute approximate surface area is 210 Å². The van der Waals surface area contributed by atoms with Gasteiger partial charge in [0, 0.05) is 37.3 Å². The number of benzene rings is 2. The Kier molecular flexibility index (Phi) is 6.26. The van der Waals surface area contributed by atoms with Crippen molar-refractivity contribution in [3.63, 3.8) is 0 Å². The van der Waals surface area contributed by atoms with Crippen LogP contribution in [0.15, 0.2) is 53.3 Å². The van der Waals surface area contributed by atoms with Crippen molar-refractivity contribution in [2.24, 2.45) is 0 Å². The van der Waals surface area contributed by atoms with Crippen LogP contribution in [-0.4, -0.2) is 63.4 Å². The number of fused-ring (bicyclic) bond motifs is 1. The van der Waals surface area contributed by atoms with Gasteiger partial charge in [0.25, 0.3) is 5.56 Å². The number of piperazine rings is 1. The highest BCUT2D eigenvalue weighted by atomic mass is 16.5. The Morgan fingerprint density at radius 2 is 1.78 bits per heavy atom. The molecule has 0 bridgehead atoms. The van der Waals surface area contributed by atoms with Crippen LogP contribution in [0.1, 0.15) is 43.8 Å². The topological polar surface area (TPSA) is 92.2 Å². The number of pyridine rings is 1.